The van der Waals surface area contributed by atoms with Gasteiger partial charge in [0, 0.05) is 35.3 Å². The van der Waals surface area contributed by atoms with E-state index in [9.17, 15) is 4.79 Å². The first-order chi connectivity index (χ1) is 14.9. The monoisotopic (exact) mass is 425 g/mol. The molecule has 0 bridgehead atoms. The molecule has 0 saturated heterocycles. The highest BCUT2D eigenvalue weighted by Gasteiger charge is 2.19. The van der Waals surface area contributed by atoms with Gasteiger partial charge in [0.1, 0.15) is 0 Å². The summed E-state index contributed by atoms with van der Waals surface area (Å²) < 4.78 is 29.1. The summed E-state index contributed by atoms with van der Waals surface area (Å²) in [7, 11) is 6.16. The number of hydrogen-bond donors (Lipinski definition) is 0. The molecule has 0 atom stereocenters. The Morgan fingerprint density at radius 1 is 0.774 bits per heavy atom. The van der Waals surface area contributed by atoms with Gasteiger partial charge in [-0.3, -0.25) is 4.79 Å². The zero-order valence-electron chi connectivity index (χ0n) is 18.6. The number of carbonyl (C=O) groups is 1. The number of aromatic nitrogens is 1. The third kappa shape index (κ3) is 4.60. The molecular weight excluding hydrogens is 398 g/mol. The molecule has 0 fully saturated rings. The molecule has 0 unspecified atom stereocenters. The van der Waals surface area contributed by atoms with Crippen LogP contribution in [0.1, 0.15) is 29.8 Å². The van der Waals surface area contributed by atoms with E-state index in [1.54, 1.807) is 31.5 Å². The number of carbonyl (C=O) groups excluding carboxylic acids is 1. The highest BCUT2D eigenvalue weighted by Crippen LogP contribution is 2.39. The molecule has 2 aromatic carbocycles. The molecule has 31 heavy (non-hydrogen) atoms. The Morgan fingerprint density at radius 3 is 1.97 bits per heavy atom. The number of hydrogen-bond acceptors (Lipinski definition) is 6. The summed E-state index contributed by atoms with van der Waals surface area (Å²) in [6.45, 7) is 3.91. The van der Waals surface area contributed by atoms with Gasteiger partial charge in [-0.15, -0.1) is 0 Å². The molecule has 3 rings (SSSR count). The predicted octanol–water partition coefficient (Wildman–Crippen LogP) is 4.53. The fourth-order valence-electron chi connectivity index (χ4n) is 3.24. The lowest BCUT2D eigenvalue weighted by molar-refractivity contribution is 0.103. The Kier molecular flexibility index (Phi) is 6.74. The van der Waals surface area contributed by atoms with Crippen LogP contribution in [0.5, 0.6) is 28.7 Å². The summed E-state index contributed by atoms with van der Waals surface area (Å²) >= 11 is 0. The lowest BCUT2D eigenvalue weighted by atomic mass is 10.0. The molecule has 0 aliphatic carbocycles. The van der Waals surface area contributed by atoms with Crippen LogP contribution in [-0.4, -0.2) is 44.9 Å². The number of ketones is 1. The van der Waals surface area contributed by atoms with Crippen molar-refractivity contribution in [2.24, 2.45) is 0 Å². The minimum Gasteiger partial charge on any atom is -0.493 e. The Bertz CT molecular complexity index is 1040. The van der Waals surface area contributed by atoms with Crippen LogP contribution in [0.15, 0.2) is 48.8 Å². The van der Waals surface area contributed by atoms with Crippen molar-refractivity contribution in [3.63, 3.8) is 0 Å². The molecule has 0 saturated carbocycles. The van der Waals surface area contributed by atoms with E-state index in [2.05, 4.69) is 0 Å². The predicted molar refractivity (Wildman–Crippen MR) is 118 cm³/mol. The molecule has 1 aromatic heterocycles. The van der Waals surface area contributed by atoms with Gasteiger partial charge in [-0.2, -0.15) is 0 Å². The van der Waals surface area contributed by atoms with Crippen molar-refractivity contribution in [1.29, 1.82) is 0 Å². The van der Waals surface area contributed by atoms with E-state index in [-0.39, 0.29) is 11.9 Å². The maximum Gasteiger partial charge on any atom is 0.203 e. The zero-order valence-corrected chi connectivity index (χ0v) is 18.6. The number of rotatable bonds is 9. The third-order valence-electron chi connectivity index (χ3n) is 4.69. The van der Waals surface area contributed by atoms with Crippen LogP contribution in [0.4, 0.5) is 0 Å². The molecule has 0 N–H and O–H groups in total. The first kappa shape index (κ1) is 22.1. The van der Waals surface area contributed by atoms with E-state index in [0.29, 0.717) is 39.9 Å². The quantitative estimate of drug-likeness (QED) is 0.469. The van der Waals surface area contributed by atoms with Crippen molar-refractivity contribution in [1.82, 2.24) is 4.57 Å². The first-order valence-electron chi connectivity index (χ1n) is 9.79. The maximum atomic E-state index is 13.1. The van der Waals surface area contributed by atoms with Gasteiger partial charge in [0.15, 0.2) is 28.8 Å². The van der Waals surface area contributed by atoms with Gasteiger partial charge >= 0.3 is 0 Å². The van der Waals surface area contributed by atoms with Crippen LogP contribution in [-0.2, 0) is 0 Å². The summed E-state index contributed by atoms with van der Waals surface area (Å²) in [5.74, 6) is 2.42. The lowest BCUT2D eigenvalue weighted by Gasteiger charge is -2.15. The molecule has 0 spiro atoms. The normalized spacial score (nSPS) is 10.7. The summed E-state index contributed by atoms with van der Waals surface area (Å²) in [5.41, 5.74) is 1.81. The molecule has 3 aromatic rings. The van der Waals surface area contributed by atoms with Gasteiger partial charge in [-0.05, 0) is 44.2 Å². The molecule has 0 amide bonds. The second kappa shape index (κ2) is 9.47. The zero-order chi connectivity index (χ0) is 22.5. The summed E-state index contributed by atoms with van der Waals surface area (Å²) in [5, 5.41) is 0. The van der Waals surface area contributed by atoms with Crippen molar-refractivity contribution in [3.05, 3.63) is 59.9 Å². The van der Waals surface area contributed by atoms with E-state index < -0.39 is 0 Å². The molecule has 7 nitrogen and oxygen atoms in total. The fraction of sp³-hybridized carbons (Fsp3) is 0.292. The highest BCUT2D eigenvalue weighted by molar-refractivity contribution is 6.09. The van der Waals surface area contributed by atoms with Crippen LogP contribution in [0.3, 0.4) is 0 Å². The van der Waals surface area contributed by atoms with Gasteiger partial charge in [-0.25, -0.2) is 0 Å². The van der Waals surface area contributed by atoms with Crippen molar-refractivity contribution >= 4 is 5.78 Å². The molecule has 164 valence electrons. The summed E-state index contributed by atoms with van der Waals surface area (Å²) in [4.78, 5) is 13.1. The lowest BCUT2D eigenvalue weighted by Crippen LogP contribution is -2.07. The van der Waals surface area contributed by atoms with Crippen molar-refractivity contribution in [2.45, 2.75) is 20.0 Å². The van der Waals surface area contributed by atoms with Crippen molar-refractivity contribution in [3.8, 4) is 34.4 Å². The Morgan fingerprint density at radius 2 is 1.42 bits per heavy atom. The average Bonchev–Trinajstić information content (AvgIpc) is 3.27. The smallest absolute Gasteiger partial charge is 0.203 e. The molecule has 0 aliphatic rings. The van der Waals surface area contributed by atoms with Gasteiger partial charge in [0.05, 0.1) is 34.5 Å². The largest absolute Gasteiger partial charge is 0.493 e. The van der Waals surface area contributed by atoms with Crippen molar-refractivity contribution < 1.29 is 28.5 Å². The highest BCUT2D eigenvalue weighted by atomic mass is 16.5. The first-order valence-corrected chi connectivity index (χ1v) is 9.79. The van der Waals surface area contributed by atoms with E-state index in [1.165, 1.54) is 21.3 Å². The third-order valence-corrected chi connectivity index (χ3v) is 4.69. The number of ether oxygens (including phenoxy) is 5. The van der Waals surface area contributed by atoms with E-state index >= 15 is 0 Å². The second-order valence-corrected chi connectivity index (χ2v) is 7.05. The summed E-state index contributed by atoms with van der Waals surface area (Å²) in [6, 6.07) is 10.7. The Balaban J connectivity index is 1.95. The number of nitrogens with zero attached hydrogens (tertiary/aromatic N) is 1. The van der Waals surface area contributed by atoms with Gasteiger partial charge in [0.25, 0.3) is 0 Å². The molecule has 0 aliphatic heterocycles. The average molecular weight is 425 g/mol. The molecule has 1 heterocycles. The topological polar surface area (TPSA) is 68.2 Å². The van der Waals surface area contributed by atoms with Crippen LogP contribution < -0.4 is 23.7 Å². The Hall–Kier alpha value is -3.61. The number of benzene rings is 2. The van der Waals surface area contributed by atoms with Crippen LogP contribution in [0.25, 0.3) is 5.69 Å². The number of methoxy groups -OCH3 is 4. The van der Waals surface area contributed by atoms with Crippen molar-refractivity contribution in [2.75, 3.05) is 28.4 Å². The maximum absolute atomic E-state index is 13.1. The molecule has 0 radical (unpaired) electrons. The standard InChI is InChI=1S/C24H27NO6/c1-15(2)31-20-13-18(7-8-19(20)27-3)25-10-9-16(14-25)23(26)17-11-21(28-4)24(30-6)22(12-17)29-5/h7-15H,1-6H3. The van der Waals surface area contributed by atoms with Crippen LogP contribution in [0, 0.1) is 0 Å². The van der Waals surface area contributed by atoms with Gasteiger partial charge in [0.2, 0.25) is 5.75 Å². The molecule has 7 heteroatoms. The minimum absolute atomic E-state index is 0.00554. The van der Waals surface area contributed by atoms with E-state index in [0.717, 1.165) is 5.69 Å². The van der Waals surface area contributed by atoms with Crippen LogP contribution in [0.2, 0.25) is 0 Å². The molecular formula is C24H27NO6. The van der Waals surface area contributed by atoms with Gasteiger partial charge < -0.3 is 28.3 Å². The summed E-state index contributed by atoms with van der Waals surface area (Å²) in [6.07, 6.45) is 3.60. The van der Waals surface area contributed by atoms with E-state index in [4.69, 9.17) is 23.7 Å². The van der Waals surface area contributed by atoms with Crippen LogP contribution >= 0.6 is 0 Å². The minimum atomic E-state index is -0.162. The Labute approximate surface area is 182 Å². The fourth-order valence-corrected chi connectivity index (χ4v) is 3.24. The second-order valence-electron chi connectivity index (χ2n) is 7.05. The van der Waals surface area contributed by atoms with E-state index in [1.807, 2.05) is 42.8 Å². The van der Waals surface area contributed by atoms with Gasteiger partial charge in [-0.1, -0.05) is 0 Å². The SMILES string of the molecule is COc1ccc(-n2ccc(C(=O)c3cc(OC)c(OC)c(OC)c3)c2)cc1OC(C)C.